The van der Waals surface area contributed by atoms with Crippen molar-refractivity contribution in [3.05, 3.63) is 35.1 Å². The van der Waals surface area contributed by atoms with E-state index >= 15 is 0 Å². The van der Waals surface area contributed by atoms with Gasteiger partial charge in [0.2, 0.25) is 5.62 Å². The minimum Gasteiger partial charge on any atom is -0.507 e. The molecule has 5 N–H and O–H groups in total. The number of nitrogens with zero attached hydrogens (tertiary/aromatic N) is 4. The van der Waals surface area contributed by atoms with Crippen LogP contribution in [0, 0.1) is 0 Å². The van der Waals surface area contributed by atoms with E-state index in [9.17, 15) is 20.1 Å². The number of carboxylic acids is 1. The number of aliphatic hydroxyl groups is 1. The van der Waals surface area contributed by atoms with Crippen LogP contribution in [0.4, 0.5) is 11.5 Å². The number of rotatable bonds is 7. The Labute approximate surface area is 179 Å². The van der Waals surface area contributed by atoms with Crippen molar-refractivity contribution in [2.45, 2.75) is 52.7 Å². The molecule has 0 aliphatic rings. The van der Waals surface area contributed by atoms with Gasteiger partial charge in [0.25, 0.3) is 0 Å². The topological polar surface area (TPSA) is 149 Å². The zero-order chi connectivity index (χ0) is 22.9. The van der Waals surface area contributed by atoms with Crippen LogP contribution in [0.2, 0.25) is 0 Å². The van der Waals surface area contributed by atoms with Crippen molar-refractivity contribution in [2.24, 2.45) is 4.99 Å². The lowest BCUT2D eigenvalue weighted by molar-refractivity contribution is 0.0693. The first-order valence-corrected chi connectivity index (χ1v) is 10.1. The zero-order valence-electron chi connectivity index (χ0n) is 18.2. The van der Waals surface area contributed by atoms with Gasteiger partial charge in [-0.2, -0.15) is 10.1 Å². The molecule has 10 heteroatoms. The molecule has 0 spiro atoms. The summed E-state index contributed by atoms with van der Waals surface area (Å²) in [5.74, 6) is -1.01. The second kappa shape index (κ2) is 8.76. The number of aromatic nitrogens is 4. The number of aromatic amines is 1. The van der Waals surface area contributed by atoms with Gasteiger partial charge in [-0.25, -0.2) is 9.79 Å². The molecule has 3 rings (SSSR count). The molecule has 1 aromatic carbocycles. The third kappa shape index (κ3) is 4.53. The summed E-state index contributed by atoms with van der Waals surface area (Å²) in [4.78, 5) is 20.5. The fourth-order valence-electron chi connectivity index (χ4n) is 3.29. The van der Waals surface area contributed by atoms with Crippen molar-refractivity contribution in [1.29, 1.82) is 0 Å². The van der Waals surface area contributed by atoms with Crippen LogP contribution in [-0.4, -0.2) is 53.7 Å². The van der Waals surface area contributed by atoms with Crippen LogP contribution in [0.3, 0.4) is 0 Å². The number of carbonyl (C=O) groups is 1. The van der Waals surface area contributed by atoms with E-state index in [4.69, 9.17) is 0 Å². The molecule has 0 amide bonds. The Morgan fingerprint density at radius 3 is 2.55 bits per heavy atom. The lowest BCUT2D eigenvalue weighted by atomic mass is 10.1. The monoisotopic (exact) mass is 428 g/mol. The predicted octanol–water partition coefficient (Wildman–Crippen LogP) is 2.89. The highest BCUT2D eigenvalue weighted by Gasteiger charge is 2.21. The zero-order valence-corrected chi connectivity index (χ0v) is 18.2. The Morgan fingerprint density at radius 1 is 1.26 bits per heavy atom. The van der Waals surface area contributed by atoms with Crippen LogP contribution in [0.5, 0.6) is 5.75 Å². The van der Waals surface area contributed by atoms with Crippen molar-refractivity contribution >= 4 is 28.5 Å². The number of aliphatic hydroxyl groups excluding tert-OH is 1. The highest BCUT2D eigenvalue weighted by molar-refractivity contribution is 5.93. The summed E-state index contributed by atoms with van der Waals surface area (Å²) in [6.07, 6.45) is -0.626. The number of carboxylic acid groups (broad SMARTS) is 1. The maximum Gasteiger partial charge on any atom is 0.339 e. The van der Waals surface area contributed by atoms with Gasteiger partial charge in [-0.3, -0.25) is 5.10 Å². The summed E-state index contributed by atoms with van der Waals surface area (Å²) in [5, 5.41) is 39.5. The number of aromatic hydroxyl groups is 1. The number of aromatic carboxylic acids is 1. The summed E-state index contributed by atoms with van der Waals surface area (Å²) in [6, 6.07) is 4.22. The molecule has 0 saturated heterocycles. The van der Waals surface area contributed by atoms with Gasteiger partial charge < -0.3 is 25.2 Å². The quantitative estimate of drug-likeness (QED) is 0.363. The molecule has 166 valence electrons. The van der Waals surface area contributed by atoms with Gasteiger partial charge >= 0.3 is 5.97 Å². The van der Waals surface area contributed by atoms with Crippen LogP contribution >= 0.6 is 0 Å². The molecule has 3 aromatic rings. The van der Waals surface area contributed by atoms with Crippen molar-refractivity contribution < 1.29 is 20.1 Å². The number of H-pyrrole nitrogens is 1. The van der Waals surface area contributed by atoms with Gasteiger partial charge in [-0.15, -0.1) is 0 Å². The fourth-order valence-corrected chi connectivity index (χ4v) is 3.29. The lowest BCUT2D eigenvalue weighted by Gasteiger charge is -2.17. The highest BCUT2D eigenvalue weighted by atomic mass is 16.4. The number of anilines is 2. The first-order valence-electron chi connectivity index (χ1n) is 10.1. The van der Waals surface area contributed by atoms with Gasteiger partial charge in [0.1, 0.15) is 11.3 Å². The van der Waals surface area contributed by atoms with Crippen molar-refractivity contribution in [3.8, 4) is 5.75 Å². The second-order valence-electron chi connectivity index (χ2n) is 8.07. The minimum absolute atomic E-state index is 0.0270. The summed E-state index contributed by atoms with van der Waals surface area (Å²) in [6.45, 7) is 9.98. The highest BCUT2D eigenvalue weighted by Crippen LogP contribution is 2.30. The second-order valence-corrected chi connectivity index (χ2v) is 8.07. The van der Waals surface area contributed by atoms with Crippen molar-refractivity contribution in [1.82, 2.24) is 19.7 Å². The molecule has 0 fully saturated rings. The molecular weight excluding hydrogens is 400 g/mol. The van der Waals surface area contributed by atoms with Crippen LogP contribution in [-0.2, 0) is 0 Å². The van der Waals surface area contributed by atoms with Crippen LogP contribution in [0.1, 0.15) is 62.6 Å². The molecule has 0 aliphatic heterocycles. The van der Waals surface area contributed by atoms with E-state index in [-0.39, 0.29) is 29.8 Å². The van der Waals surface area contributed by atoms with E-state index in [0.717, 1.165) is 11.2 Å². The number of hydrogen-bond acceptors (Lipinski definition) is 7. The maximum absolute atomic E-state index is 11.4. The molecule has 1 atom stereocenters. The first-order chi connectivity index (χ1) is 14.6. The Hall–Kier alpha value is -3.40. The van der Waals surface area contributed by atoms with Crippen LogP contribution in [0.25, 0.3) is 11.0 Å². The lowest BCUT2D eigenvalue weighted by Crippen LogP contribution is -2.29. The number of nitrogens with one attached hydrogen (secondary N) is 2. The SMILES string of the molecule is CC(O)CN=c1nc(Nc2ccc(O)c(C(=O)O)c2)c2n[nH]c(C(C)C)c2n1C(C)C. The molecule has 0 aliphatic carbocycles. The smallest absolute Gasteiger partial charge is 0.339 e. The van der Waals surface area contributed by atoms with Crippen LogP contribution < -0.4 is 10.9 Å². The summed E-state index contributed by atoms with van der Waals surface area (Å²) >= 11 is 0. The normalized spacial score (nSPS) is 13.4. The molecule has 10 nitrogen and oxygen atoms in total. The molecule has 31 heavy (non-hydrogen) atoms. The molecule has 2 heterocycles. The third-order valence-corrected chi connectivity index (χ3v) is 4.74. The van der Waals surface area contributed by atoms with Gasteiger partial charge in [0.15, 0.2) is 11.3 Å². The first kappa shape index (κ1) is 22.3. The Morgan fingerprint density at radius 2 is 1.97 bits per heavy atom. The van der Waals surface area contributed by atoms with Gasteiger partial charge in [0.05, 0.1) is 23.9 Å². The summed E-state index contributed by atoms with van der Waals surface area (Å²) in [7, 11) is 0. The van der Waals surface area contributed by atoms with Gasteiger partial charge in [-0.1, -0.05) is 13.8 Å². The Balaban J connectivity index is 2.27. The van der Waals surface area contributed by atoms with E-state index < -0.39 is 12.1 Å². The average Bonchev–Trinajstić information content (AvgIpc) is 3.12. The third-order valence-electron chi connectivity index (χ3n) is 4.74. The Bertz CT molecular complexity index is 1180. The summed E-state index contributed by atoms with van der Waals surface area (Å²) < 4.78 is 1.97. The number of phenols is 1. The van der Waals surface area contributed by atoms with E-state index in [1.165, 1.54) is 12.1 Å². The fraction of sp³-hybridized carbons (Fsp3) is 0.429. The maximum atomic E-state index is 11.4. The van der Waals surface area contributed by atoms with E-state index in [0.29, 0.717) is 22.6 Å². The molecule has 0 radical (unpaired) electrons. The van der Waals surface area contributed by atoms with E-state index in [1.54, 1.807) is 13.0 Å². The number of fused-ring (bicyclic) bond motifs is 1. The van der Waals surface area contributed by atoms with Crippen LogP contribution in [0.15, 0.2) is 23.2 Å². The standard InChI is InChI=1S/C21H28N6O4/c1-10(2)16-18-17(26-25-16)19(23-13-6-7-15(29)14(8-13)20(30)31)24-21(22-9-12(5)28)27(18)11(3)4/h6-8,10-12,28-29H,9H2,1-5H3,(H,25,26)(H,30,31)(H,22,23,24). The number of benzene rings is 1. The summed E-state index contributed by atoms with van der Waals surface area (Å²) in [5.41, 5.74) is 2.97. The Kier molecular flexibility index (Phi) is 6.30. The molecule has 0 saturated carbocycles. The molecular formula is C21H28N6O4. The van der Waals surface area contributed by atoms with Crippen molar-refractivity contribution in [3.63, 3.8) is 0 Å². The predicted molar refractivity (Wildman–Crippen MR) is 117 cm³/mol. The van der Waals surface area contributed by atoms with Gasteiger partial charge in [-0.05, 0) is 44.9 Å². The number of hydrogen-bond donors (Lipinski definition) is 5. The van der Waals surface area contributed by atoms with E-state index in [2.05, 4.69) is 39.3 Å². The molecule has 2 aromatic heterocycles. The molecule has 1 unspecified atom stereocenters. The largest absolute Gasteiger partial charge is 0.507 e. The molecule has 0 bridgehead atoms. The van der Waals surface area contributed by atoms with E-state index in [1.807, 2.05) is 18.4 Å². The van der Waals surface area contributed by atoms with Gasteiger partial charge in [0, 0.05) is 11.7 Å². The minimum atomic E-state index is -1.24. The van der Waals surface area contributed by atoms with Crippen molar-refractivity contribution in [2.75, 3.05) is 11.9 Å². The average molecular weight is 428 g/mol.